The predicted molar refractivity (Wildman–Crippen MR) is 117 cm³/mol. The van der Waals surface area contributed by atoms with E-state index in [0.29, 0.717) is 17.8 Å². The third kappa shape index (κ3) is 3.98. The first-order valence-electron chi connectivity index (χ1n) is 10.1. The van der Waals surface area contributed by atoms with Crippen molar-refractivity contribution in [2.45, 2.75) is 59.3 Å². The Morgan fingerprint density at radius 3 is 1.78 bits per heavy atom. The molecule has 3 aromatic rings. The summed E-state index contributed by atoms with van der Waals surface area (Å²) in [6.07, 6.45) is 1.90. The van der Waals surface area contributed by atoms with E-state index in [0.717, 1.165) is 5.69 Å². The molecule has 1 nitrogen and oxygen atoms in total. The molecule has 27 heavy (non-hydrogen) atoms. The lowest BCUT2D eigenvalue weighted by molar-refractivity contribution is 0.807. The van der Waals surface area contributed by atoms with E-state index >= 15 is 0 Å². The van der Waals surface area contributed by atoms with Gasteiger partial charge in [-0.2, -0.15) is 0 Å². The summed E-state index contributed by atoms with van der Waals surface area (Å²) >= 11 is 0. The molecular formula is C26H31N. The SMILES string of the molecule is CC(C)c1cc(C(C)C)c(-c2cccnc2-c2ccccc2)c(C(C)C)c1. The van der Waals surface area contributed by atoms with Gasteiger partial charge in [-0.05, 0) is 46.1 Å². The lowest BCUT2D eigenvalue weighted by Crippen LogP contribution is -2.04. The van der Waals surface area contributed by atoms with E-state index in [1.54, 1.807) is 0 Å². The minimum atomic E-state index is 0.458. The molecule has 0 aliphatic rings. The van der Waals surface area contributed by atoms with Gasteiger partial charge in [0.15, 0.2) is 0 Å². The first kappa shape index (κ1) is 19.4. The molecule has 0 fully saturated rings. The highest BCUT2D eigenvalue weighted by atomic mass is 14.7. The van der Waals surface area contributed by atoms with Crippen molar-refractivity contribution >= 4 is 0 Å². The molecule has 0 saturated carbocycles. The van der Waals surface area contributed by atoms with Crippen LogP contribution in [-0.4, -0.2) is 4.98 Å². The minimum Gasteiger partial charge on any atom is -0.256 e. The fourth-order valence-corrected chi connectivity index (χ4v) is 3.70. The maximum absolute atomic E-state index is 4.78. The summed E-state index contributed by atoms with van der Waals surface area (Å²) in [5.74, 6) is 1.44. The fraction of sp³-hybridized carbons (Fsp3) is 0.346. The summed E-state index contributed by atoms with van der Waals surface area (Å²) in [6.45, 7) is 13.7. The molecule has 0 unspecified atom stereocenters. The number of benzene rings is 2. The number of nitrogens with zero attached hydrogens (tertiary/aromatic N) is 1. The topological polar surface area (TPSA) is 12.9 Å². The van der Waals surface area contributed by atoms with Crippen molar-refractivity contribution in [1.82, 2.24) is 4.98 Å². The smallest absolute Gasteiger partial charge is 0.0780 e. The largest absolute Gasteiger partial charge is 0.256 e. The van der Waals surface area contributed by atoms with Crippen molar-refractivity contribution < 1.29 is 0 Å². The molecule has 1 heteroatoms. The van der Waals surface area contributed by atoms with Crippen LogP contribution in [0.4, 0.5) is 0 Å². The van der Waals surface area contributed by atoms with Crippen molar-refractivity contribution in [2.75, 3.05) is 0 Å². The molecule has 1 heterocycles. The molecule has 0 radical (unpaired) electrons. The van der Waals surface area contributed by atoms with Crippen LogP contribution >= 0.6 is 0 Å². The van der Waals surface area contributed by atoms with Gasteiger partial charge >= 0.3 is 0 Å². The Labute approximate surface area is 164 Å². The molecule has 0 atom stereocenters. The van der Waals surface area contributed by atoms with Crippen LogP contribution in [0.1, 0.15) is 76.0 Å². The number of rotatable bonds is 5. The Balaban J connectivity index is 2.35. The zero-order valence-corrected chi connectivity index (χ0v) is 17.5. The van der Waals surface area contributed by atoms with Gasteiger partial charge in [-0.15, -0.1) is 0 Å². The molecule has 0 N–H and O–H groups in total. The van der Waals surface area contributed by atoms with Crippen LogP contribution in [0.25, 0.3) is 22.4 Å². The van der Waals surface area contributed by atoms with Gasteiger partial charge in [-0.3, -0.25) is 4.98 Å². The van der Waals surface area contributed by atoms with Gasteiger partial charge in [0, 0.05) is 17.3 Å². The van der Waals surface area contributed by atoms with E-state index in [4.69, 9.17) is 4.98 Å². The first-order valence-corrected chi connectivity index (χ1v) is 10.1. The second kappa shape index (κ2) is 8.08. The monoisotopic (exact) mass is 357 g/mol. The number of pyridine rings is 1. The van der Waals surface area contributed by atoms with Gasteiger partial charge < -0.3 is 0 Å². The first-order chi connectivity index (χ1) is 12.9. The zero-order chi connectivity index (χ0) is 19.6. The quantitative estimate of drug-likeness (QED) is 0.454. The van der Waals surface area contributed by atoms with Crippen LogP contribution < -0.4 is 0 Å². The van der Waals surface area contributed by atoms with Gasteiger partial charge in [0.1, 0.15) is 0 Å². The second-order valence-corrected chi connectivity index (χ2v) is 8.30. The third-order valence-electron chi connectivity index (χ3n) is 5.26. The summed E-state index contributed by atoms with van der Waals surface area (Å²) in [4.78, 5) is 4.78. The molecule has 0 spiro atoms. The average Bonchev–Trinajstić information content (AvgIpc) is 2.67. The van der Waals surface area contributed by atoms with Crippen LogP contribution in [0.5, 0.6) is 0 Å². The van der Waals surface area contributed by atoms with E-state index in [-0.39, 0.29) is 0 Å². The maximum atomic E-state index is 4.78. The maximum Gasteiger partial charge on any atom is 0.0780 e. The standard InChI is InChI=1S/C26H31N/c1-17(2)21-15-23(18(3)4)25(24(16-21)19(5)6)22-13-10-14-27-26(22)20-11-8-7-9-12-20/h7-19H,1-6H3. The van der Waals surface area contributed by atoms with Crippen molar-refractivity contribution in [3.8, 4) is 22.4 Å². The lowest BCUT2D eigenvalue weighted by atomic mass is 9.81. The molecule has 0 aliphatic carbocycles. The summed E-state index contributed by atoms with van der Waals surface area (Å²) in [6, 6.07) is 19.7. The highest BCUT2D eigenvalue weighted by Crippen LogP contribution is 2.41. The molecule has 2 aromatic carbocycles. The lowest BCUT2D eigenvalue weighted by Gasteiger charge is -2.24. The number of aromatic nitrogens is 1. The molecule has 0 aliphatic heterocycles. The number of hydrogen-bond donors (Lipinski definition) is 0. The van der Waals surface area contributed by atoms with Crippen molar-refractivity contribution in [3.05, 3.63) is 77.5 Å². The van der Waals surface area contributed by atoms with Crippen LogP contribution in [0.15, 0.2) is 60.8 Å². The summed E-state index contributed by atoms with van der Waals surface area (Å²) in [5, 5.41) is 0. The van der Waals surface area contributed by atoms with Gasteiger partial charge in [0.05, 0.1) is 5.69 Å². The zero-order valence-electron chi connectivity index (χ0n) is 17.5. The molecule has 3 rings (SSSR count). The fourth-order valence-electron chi connectivity index (χ4n) is 3.70. The molecular weight excluding hydrogens is 326 g/mol. The van der Waals surface area contributed by atoms with Crippen molar-refractivity contribution in [3.63, 3.8) is 0 Å². The summed E-state index contributed by atoms with van der Waals surface area (Å²) in [5.41, 5.74) is 9.13. The van der Waals surface area contributed by atoms with E-state index in [2.05, 4.69) is 96.1 Å². The normalized spacial score (nSPS) is 11.6. The summed E-state index contributed by atoms with van der Waals surface area (Å²) < 4.78 is 0. The molecule has 140 valence electrons. The Morgan fingerprint density at radius 1 is 0.667 bits per heavy atom. The van der Waals surface area contributed by atoms with E-state index < -0.39 is 0 Å². The van der Waals surface area contributed by atoms with Crippen molar-refractivity contribution in [1.29, 1.82) is 0 Å². The Hall–Kier alpha value is -2.41. The van der Waals surface area contributed by atoms with E-state index in [9.17, 15) is 0 Å². The van der Waals surface area contributed by atoms with E-state index in [1.807, 2.05) is 6.20 Å². The van der Waals surface area contributed by atoms with E-state index in [1.165, 1.54) is 33.4 Å². The molecule has 1 aromatic heterocycles. The Bertz CT molecular complexity index is 875. The van der Waals surface area contributed by atoms with Gasteiger partial charge in [0.2, 0.25) is 0 Å². The number of hydrogen-bond acceptors (Lipinski definition) is 1. The predicted octanol–water partition coefficient (Wildman–Crippen LogP) is 7.79. The van der Waals surface area contributed by atoms with Crippen LogP contribution in [0.2, 0.25) is 0 Å². The molecule has 0 amide bonds. The second-order valence-electron chi connectivity index (χ2n) is 8.30. The van der Waals surface area contributed by atoms with Gasteiger partial charge in [0.25, 0.3) is 0 Å². The van der Waals surface area contributed by atoms with Crippen LogP contribution in [0, 0.1) is 0 Å². The minimum absolute atomic E-state index is 0.458. The summed E-state index contributed by atoms with van der Waals surface area (Å²) in [7, 11) is 0. The molecule has 0 saturated heterocycles. The van der Waals surface area contributed by atoms with Gasteiger partial charge in [-0.1, -0.05) is 90.1 Å². The third-order valence-corrected chi connectivity index (χ3v) is 5.26. The molecule has 0 bridgehead atoms. The highest BCUT2D eigenvalue weighted by molar-refractivity contribution is 5.85. The van der Waals surface area contributed by atoms with Crippen LogP contribution in [-0.2, 0) is 0 Å². The Kier molecular flexibility index (Phi) is 5.79. The Morgan fingerprint density at radius 2 is 1.26 bits per heavy atom. The highest BCUT2D eigenvalue weighted by Gasteiger charge is 2.21. The van der Waals surface area contributed by atoms with Gasteiger partial charge in [-0.25, -0.2) is 0 Å². The van der Waals surface area contributed by atoms with Crippen LogP contribution in [0.3, 0.4) is 0 Å². The average molecular weight is 358 g/mol. The van der Waals surface area contributed by atoms with Crippen molar-refractivity contribution in [2.24, 2.45) is 0 Å².